The Balaban J connectivity index is 2.69. The molecule has 2 rings (SSSR count). The number of nitrogens with one attached hydrogen (secondary N) is 2. The fraction of sp³-hybridized carbons (Fsp3) is 0.273. The number of hydrogen-bond donors (Lipinski definition) is 2. The molecule has 0 fully saturated rings. The second-order valence-corrected chi connectivity index (χ2v) is 6.91. The van der Waals surface area contributed by atoms with Crippen molar-refractivity contribution in [3.05, 3.63) is 28.7 Å². The molecule has 0 bridgehead atoms. The van der Waals surface area contributed by atoms with Crippen LogP contribution >= 0.6 is 0 Å². The first-order valence-electron chi connectivity index (χ1n) is 5.16. The fourth-order valence-corrected chi connectivity index (χ4v) is 2.76. The highest BCUT2D eigenvalue weighted by Gasteiger charge is 2.36. The van der Waals surface area contributed by atoms with Crippen molar-refractivity contribution in [2.75, 3.05) is 0 Å². The summed E-state index contributed by atoms with van der Waals surface area (Å²) in [6.07, 6.45) is 0. The van der Waals surface area contributed by atoms with Crippen molar-refractivity contribution >= 4 is 20.9 Å². The van der Waals surface area contributed by atoms with Gasteiger partial charge in [-0.15, -0.1) is 0 Å². The fourth-order valence-electron chi connectivity index (χ4n) is 1.53. The highest BCUT2D eigenvalue weighted by atomic mass is 32.2. The van der Waals surface area contributed by atoms with E-state index >= 15 is 0 Å². The van der Waals surface area contributed by atoms with Crippen molar-refractivity contribution in [1.82, 2.24) is 9.97 Å². The number of sulfone groups is 1. The molecule has 0 aliphatic carbocycles. The summed E-state index contributed by atoms with van der Waals surface area (Å²) in [6, 6.07) is 5.98. The van der Waals surface area contributed by atoms with Gasteiger partial charge in [0.25, 0.3) is 0 Å². The number of aromatic nitrogens is 2. The van der Waals surface area contributed by atoms with Gasteiger partial charge >= 0.3 is 5.69 Å². The molecule has 0 unspecified atom stereocenters. The third-order valence-corrected chi connectivity index (χ3v) is 5.05. The van der Waals surface area contributed by atoms with Crippen LogP contribution in [0.5, 0.6) is 0 Å². The highest BCUT2D eigenvalue weighted by molar-refractivity contribution is 7.93. The maximum atomic E-state index is 12.2. The Kier molecular flexibility index (Phi) is 2.56. The van der Waals surface area contributed by atoms with Crippen LogP contribution in [0.3, 0.4) is 0 Å². The van der Waals surface area contributed by atoms with Gasteiger partial charge in [0.15, 0.2) is 14.6 Å². The molecule has 0 amide bonds. The van der Waals surface area contributed by atoms with Crippen molar-refractivity contribution in [3.8, 4) is 6.07 Å². The lowest BCUT2D eigenvalue weighted by atomic mass is 10.2. The predicted octanol–water partition coefficient (Wildman–Crippen LogP) is 0.932. The first kappa shape index (κ1) is 12.4. The van der Waals surface area contributed by atoms with Crippen molar-refractivity contribution in [2.45, 2.75) is 23.5 Å². The average Bonchev–Trinajstić information content (AvgIpc) is 2.67. The van der Waals surface area contributed by atoms with Crippen LogP contribution in [0.15, 0.2) is 27.9 Å². The number of aromatic amines is 2. The van der Waals surface area contributed by atoms with E-state index in [-0.39, 0.29) is 4.90 Å². The third kappa shape index (κ3) is 1.71. The molecule has 0 aliphatic heterocycles. The van der Waals surface area contributed by atoms with Crippen LogP contribution in [-0.4, -0.2) is 23.1 Å². The molecule has 2 N–H and O–H groups in total. The Morgan fingerprint density at radius 3 is 2.44 bits per heavy atom. The van der Waals surface area contributed by atoms with Crippen molar-refractivity contribution in [1.29, 1.82) is 5.26 Å². The predicted molar refractivity (Wildman–Crippen MR) is 65.8 cm³/mol. The molecular weight excluding hydrogens is 254 g/mol. The highest BCUT2D eigenvalue weighted by Crippen LogP contribution is 2.26. The van der Waals surface area contributed by atoms with E-state index in [1.165, 1.54) is 32.0 Å². The van der Waals surface area contributed by atoms with Gasteiger partial charge in [-0.3, -0.25) is 0 Å². The van der Waals surface area contributed by atoms with Gasteiger partial charge in [-0.2, -0.15) is 5.26 Å². The molecule has 0 saturated carbocycles. The molecule has 1 heterocycles. The van der Waals surface area contributed by atoms with E-state index in [0.29, 0.717) is 11.0 Å². The number of fused-ring (bicyclic) bond motifs is 1. The zero-order valence-corrected chi connectivity index (χ0v) is 10.6. The maximum Gasteiger partial charge on any atom is 0.323 e. The van der Waals surface area contributed by atoms with Gasteiger partial charge in [0.1, 0.15) is 0 Å². The van der Waals surface area contributed by atoms with Crippen molar-refractivity contribution < 1.29 is 8.42 Å². The zero-order valence-electron chi connectivity index (χ0n) is 9.81. The number of benzene rings is 1. The minimum atomic E-state index is -3.77. The lowest BCUT2D eigenvalue weighted by Crippen LogP contribution is -2.29. The monoisotopic (exact) mass is 265 g/mol. The van der Waals surface area contributed by atoms with E-state index in [1.54, 1.807) is 6.07 Å². The molecule has 0 radical (unpaired) electrons. The Morgan fingerprint density at radius 2 is 1.83 bits per heavy atom. The molecule has 0 spiro atoms. The Morgan fingerprint density at radius 1 is 1.22 bits per heavy atom. The number of imidazole rings is 1. The Bertz CT molecular complexity index is 806. The van der Waals surface area contributed by atoms with Crippen LogP contribution < -0.4 is 5.69 Å². The van der Waals surface area contributed by atoms with Gasteiger partial charge < -0.3 is 9.97 Å². The molecule has 18 heavy (non-hydrogen) atoms. The molecule has 2 aromatic rings. The smallest absolute Gasteiger partial charge is 0.306 e. The quantitative estimate of drug-likeness (QED) is 0.842. The summed E-state index contributed by atoms with van der Waals surface area (Å²) in [5.41, 5.74) is 0.516. The number of nitrogens with zero attached hydrogens (tertiary/aromatic N) is 1. The minimum absolute atomic E-state index is 0.0109. The molecule has 7 heteroatoms. The summed E-state index contributed by atoms with van der Waals surface area (Å²) in [5.74, 6) is 0. The van der Waals surface area contributed by atoms with E-state index in [9.17, 15) is 13.2 Å². The average molecular weight is 265 g/mol. The van der Waals surface area contributed by atoms with Gasteiger partial charge in [-0.05, 0) is 32.0 Å². The topological polar surface area (TPSA) is 107 Å². The second-order valence-electron chi connectivity index (χ2n) is 4.41. The van der Waals surface area contributed by atoms with Crippen LogP contribution in [0.2, 0.25) is 0 Å². The summed E-state index contributed by atoms with van der Waals surface area (Å²) in [5, 5.41) is 8.92. The number of rotatable bonds is 2. The SMILES string of the molecule is CC(C)(C#N)S(=O)(=O)c1ccc2[nH]c(=O)[nH]c2c1. The van der Waals surface area contributed by atoms with Crippen molar-refractivity contribution in [3.63, 3.8) is 0 Å². The third-order valence-electron chi connectivity index (χ3n) is 2.74. The van der Waals surface area contributed by atoms with E-state index in [0.717, 1.165) is 0 Å². The minimum Gasteiger partial charge on any atom is -0.306 e. The number of nitriles is 1. The molecule has 1 aromatic heterocycles. The number of hydrogen-bond acceptors (Lipinski definition) is 4. The van der Waals surface area contributed by atoms with Crippen molar-refractivity contribution in [2.24, 2.45) is 0 Å². The summed E-state index contributed by atoms with van der Waals surface area (Å²) < 4.78 is 22.9. The van der Waals surface area contributed by atoms with Crippen LogP contribution in [0, 0.1) is 11.3 Å². The molecular formula is C11H11N3O3S. The summed E-state index contributed by atoms with van der Waals surface area (Å²) in [6.45, 7) is 2.68. The largest absolute Gasteiger partial charge is 0.323 e. The summed E-state index contributed by atoms with van der Waals surface area (Å²) in [4.78, 5) is 16.1. The van der Waals surface area contributed by atoms with E-state index in [4.69, 9.17) is 5.26 Å². The number of H-pyrrole nitrogens is 2. The Labute approximate surface area is 103 Å². The summed E-state index contributed by atoms with van der Waals surface area (Å²) >= 11 is 0. The zero-order chi connectivity index (χ0) is 13.6. The van der Waals surface area contributed by atoms with E-state index in [2.05, 4.69) is 9.97 Å². The van der Waals surface area contributed by atoms with Crippen LogP contribution in [-0.2, 0) is 9.84 Å². The standard InChI is InChI=1S/C11H11N3O3S/c1-11(2,6-12)18(16,17)7-3-4-8-9(5-7)14-10(15)13-8/h3-5H,1-2H3,(H2,13,14,15). The van der Waals surface area contributed by atoms with E-state index in [1.807, 2.05) is 0 Å². The maximum absolute atomic E-state index is 12.2. The molecule has 0 atom stereocenters. The van der Waals surface area contributed by atoms with Gasteiger partial charge in [0.05, 0.1) is 22.0 Å². The van der Waals surface area contributed by atoms with E-state index < -0.39 is 20.3 Å². The Hall–Kier alpha value is -2.07. The van der Waals surface area contributed by atoms with Gasteiger partial charge in [-0.1, -0.05) is 0 Å². The van der Waals surface area contributed by atoms with Crippen LogP contribution in [0.4, 0.5) is 0 Å². The lowest BCUT2D eigenvalue weighted by Gasteiger charge is -2.16. The normalized spacial score (nSPS) is 12.5. The molecule has 0 saturated heterocycles. The molecule has 1 aromatic carbocycles. The lowest BCUT2D eigenvalue weighted by molar-refractivity contribution is 0.574. The van der Waals surface area contributed by atoms with Crippen LogP contribution in [0.1, 0.15) is 13.8 Å². The second kappa shape index (κ2) is 3.71. The first-order chi connectivity index (χ1) is 8.28. The molecule has 0 aliphatic rings. The van der Waals surface area contributed by atoms with Gasteiger partial charge in [-0.25, -0.2) is 13.2 Å². The van der Waals surface area contributed by atoms with Gasteiger partial charge in [0.2, 0.25) is 0 Å². The molecule has 6 nitrogen and oxygen atoms in total. The van der Waals surface area contributed by atoms with Crippen LogP contribution in [0.25, 0.3) is 11.0 Å². The molecule has 94 valence electrons. The summed E-state index contributed by atoms with van der Waals surface area (Å²) in [7, 11) is -3.77. The first-order valence-corrected chi connectivity index (χ1v) is 6.64. The van der Waals surface area contributed by atoms with Gasteiger partial charge in [0, 0.05) is 0 Å².